The van der Waals surface area contributed by atoms with Crippen molar-refractivity contribution in [3.63, 3.8) is 0 Å². The molecule has 1 aromatic rings. The molecule has 0 atom stereocenters. The Morgan fingerprint density at radius 1 is 1.40 bits per heavy atom. The topological polar surface area (TPSA) is 60.2 Å². The van der Waals surface area contributed by atoms with Gasteiger partial charge in [-0.3, -0.25) is 0 Å². The van der Waals surface area contributed by atoms with Crippen LogP contribution in [0.15, 0.2) is 29.2 Å². The van der Waals surface area contributed by atoms with E-state index in [1.54, 1.807) is 26.0 Å². The van der Waals surface area contributed by atoms with Gasteiger partial charge in [-0.05, 0) is 32.0 Å². The molecule has 5 heteroatoms. The number of hydrogen-bond acceptors (Lipinski definition) is 3. The van der Waals surface area contributed by atoms with E-state index in [2.05, 4.69) is 0 Å². The Morgan fingerprint density at radius 2 is 2.00 bits per heavy atom. The zero-order valence-corrected chi connectivity index (χ0v) is 10.3. The van der Waals surface area contributed by atoms with Crippen LogP contribution in [-0.4, -0.2) is 19.7 Å². The molecular formula is C10H14ClNO2S. The molecule has 0 saturated heterocycles. The molecule has 1 aromatic carbocycles. The molecule has 84 valence electrons. The van der Waals surface area contributed by atoms with E-state index in [4.69, 9.17) is 17.3 Å². The summed E-state index contributed by atoms with van der Waals surface area (Å²) in [6.45, 7) is 3.35. The summed E-state index contributed by atoms with van der Waals surface area (Å²) in [6.07, 6.45) is 0. The molecule has 0 fully saturated rings. The van der Waals surface area contributed by atoms with Gasteiger partial charge in [0, 0.05) is 10.6 Å². The Hall–Kier alpha value is -0.580. The van der Waals surface area contributed by atoms with Crippen molar-refractivity contribution < 1.29 is 8.42 Å². The molecule has 1 rings (SSSR count). The summed E-state index contributed by atoms with van der Waals surface area (Å²) in [5.41, 5.74) is 4.94. The summed E-state index contributed by atoms with van der Waals surface area (Å²) in [5.74, 6) is -0.0969. The number of nitrogens with two attached hydrogens (primary N) is 1. The van der Waals surface area contributed by atoms with Crippen LogP contribution in [-0.2, 0) is 9.84 Å². The first kappa shape index (κ1) is 12.5. The van der Waals surface area contributed by atoms with Crippen LogP contribution >= 0.6 is 11.6 Å². The van der Waals surface area contributed by atoms with Crippen molar-refractivity contribution in [3.8, 4) is 0 Å². The molecule has 0 bridgehead atoms. The highest BCUT2D eigenvalue weighted by Crippen LogP contribution is 2.18. The van der Waals surface area contributed by atoms with E-state index >= 15 is 0 Å². The fourth-order valence-electron chi connectivity index (χ4n) is 1.23. The fourth-order valence-corrected chi connectivity index (χ4v) is 3.23. The minimum atomic E-state index is -3.35. The van der Waals surface area contributed by atoms with Gasteiger partial charge in [0.15, 0.2) is 9.84 Å². The van der Waals surface area contributed by atoms with Crippen LogP contribution in [0.4, 0.5) is 0 Å². The second kappa shape index (κ2) is 4.12. The zero-order valence-electron chi connectivity index (χ0n) is 8.70. The van der Waals surface area contributed by atoms with Crippen LogP contribution in [0.1, 0.15) is 13.8 Å². The molecular weight excluding hydrogens is 234 g/mol. The van der Waals surface area contributed by atoms with E-state index in [1.165, 1.54) is 12.1 Å². The lowest BCUT2D eigenvalue weighted by Crippen LogP contribution is -2.39. The standard InChI is InChI=1S/C10H14ClNO2S/c1-10(2,12)7-15(13,14)9-5-3-4-8(11)6-9/h3-6H,7,12H2,1-2H3. The summed E-state index contributed by atoms with van der Waals surface area (Å²) in [4.78, 5) is 0.216. The van der Waals surface area contributed by atoms with Gasteiger partial charge in [0.2, 0.25) is 0 Å². The van der Waals surface area contributed by atoms with Gasteiger partial charge in [-0.15, -0.1) is 0 Å². The van der Waals surface area contributed by atoms with Crippen molar-refractivity contribution in [2.75, 3.05) is 5.75 Å². The number of sulfone groups is 1. The van der Waals surface area contributed by atoms with Crippen LogP contribution in [0.3, 0.4) is 0 Å². The van der Waals surface area contributed by atoms with Gasteiger partial charge < -0.3 is 5.73 Å². The van der Waals surface area contributed by atoms with E-state index < -0.39 is 15.4 Å². The summed E-state index contributed by atoms with van der Waals surface area (Å²) in [5, 5.41) is 0.408. The molecule has 2 N–H and O–H groups in total. The van der Waals surface area contributed by atoms with Gasteiger partial charge in [0.05, 0.1) is 10.6 Å². The van der Waals surface area contributed by atoms with Gasteiger partial charge in [-0.25, -0.2) is 8.42 Å². The van der Waals surface area contributed by atoms with E-state index in [0.717, 1.165) is 0 Å². The van der Waals surface area contributed by atoms with E-state index in [-0.39, 0.29) is 10.6 Å². The molecule has 0 aliphatic carbocycles. The SMILES string of the molecule is CC(C)(N)CS(=O)(=O)c1cccc(Cl)c1. The monoisotopic (exact) mass is 247 g/mol. The molecule has 0 heterocycles. The maximum atomic E-state index is 11.9. The van der Waals surface area contributed by atoms with Crippen molar-refractivity contribution in [2.45, 2.75) is 24.3 Å². The second-order valence-corrected chi connectivity index (χ2v) is 6.63. The Kier molecular flexibility index (Phi) is 3.43. The number of rotatable bonds is 3. The lowest BCUT2D eigenvalue weighted by Gasteiger charge is -2.18. The summed E-state index contributed by atoms with van der Waals surface area (Å²) >= 11 is 5.73. The lowest BCUT2D eigenvalue weighted by molar-refractivity contribution is 0.544. The van der Waals surface area contributed by atoms with Crippen LogP contribution < -0.4 is 5.73 Å². The largest absolute Gasteiger partial charge is 0.325 e. The highest BCUT2D eigenvalue weighted by Gasteiger charge is 2.23. The summed E-state index contributed by atoms with van der Waals surface area (Å²) < 4.78 is 23.7. The van der Waals surface area contributed by atoms with Crippen molar-refractivity contribution in [1.29, 1.82) is 0 Å². The molecule has 0 spiro atoms. The molecule has 0 saturated carbocycles. The molecule has 0 radical (unpaired) electrons. The quantitative estimate of drug-likeness (QED) is 0.887. The number of benzene rings is 1. The smallest absolute Gasteiger partial charge is 0.180 e. The first-order chi connectivity index (χ1) is 6.71. The molecule has 0 amide bonds. The third-order valence-corrected chi connectivity index (χ3v) is 4.05. The van der Waals surface area contributed by atoms with Crippen molar-refractivity contribution in [3.05, 3.63) is 29.3 Å². The van der Waals surface area contributed by atoms with Crippen LogP contribution in [0.2, 0.25) is 5.02 Å². The van der Waals surface area contributed by atoms with Gasteiger partial charge in [-0.2, -0.15) is 0 Å². The lowest BCUT2D eigenvalue weighted by atomic mass is 10.1. The highest BCUT2D eigenvalue weighted by atomic mass is 35.5. The van der Waals surface area contributed by atoms with Crippen LogP contribution in [0.5, 0.6) is 0 Å². The minimum absolute atomic E-state index is 0.0969. The Morgan fingerprint density at radius 3 is 2.47 bits per heavy atom. The first-order valence-corrected chi connectivity index (χ1v) is 6.51. The molecule has 3 nitrogen and oxygen atoms in total. The van der Waals surface area contributed by atoms with Crippen molar-refractivity contribution in [2.24, 2.45) is 5.73 Å². The van der Waals surface area contributed by atoms with E-state index in [1.807, 2.05) is 0 Å². The Labute approximate surface area is 95.2 Å². The fraction of sp³-hybridized carbons (Fsp3) is 0.400. The highest BCUT2D eigenvalue weighted by molar-refractivity contribution is 7.91. The molecule has 0 aromatic heterocycles. The third-order valence-electron chi connectivity index (χ3n) is 1.72. The van der Waals surface area contributed by atoms with Crippen LogP contribution in [0, 0.1) is 0 Å². The molecule has 0 aliphatic heterocycles. The van der Waals surface area contributed by atoms with Gasteiger partial charge >= 0.3 is 0 Å². The number of hydrogen-bond donors (Lipinski definition) is 1. The molecule has 0 aliphatic rings. The average Bonchev–Trinajstić information content (AvgIpc) is 1.99. The third kappa shape index (κ3) is 3.81. The maximum absolute atomic E-state index is 11.9. The average molecular weight is 248 g/mol. The predicted octanol–water partition coefficient (Wildman–Crippen LogP) is 1.85. The molecule has 0 unspecified atom stereocenters. The van der Waals surface area contributed by atoms with Gasteiger partial charge in [0.25, 0.3) is 0 Å². The van der Waals surface area contributed by atoms with E-state index in [0.29, 0.717) is 5.02 Å². The zero-order chi connectivity index (χ0) is 11.7. The Bertz CT molecular complexity index is 449. The summed E-state index contributed by atoms with van der Waals surface area (Å²) in [7, 11) is -3.35. The van der Waals surface area contributed by atoms with E-state index in [9.17, 15) is 8.42 Å². The normalized spacial score (nSPS) is 12.8. The maximum Gasteiger partial charge on any atom is 0.180 e. The Balaban J connectivity index is 3.07. The minimum Gasteiger partial charge on any atom is -0.325 e. The predicted molar refractivity (Wildman–Crippen MR) is 61.8 cm³/mol. The first-order valence-electron chi connectivity index (χ1n) is 4.48. The number of halogens is 1. The summed E-state index contributed by atoms with van der Waals surface area (Å²) in [6, 6.07) is 6.20. The van der Waals surface area contributed by atoms with Crippen LogP contribution in [0.25, 0.3) is 0 Å². The second-order valence-electron chi connectivity index (χ2n) is 4.21. The van der Waals surface area contributed by atoms with Gasteiger partial charge in [0.1, 0.15) is 0 Å². The van der Waals surface area contributed by atoms with Gasteiger partial charge in [-0.1, -0.05) is 17.7 Å². The van der Waals surface area contributed by atoms with Crippen molar-refractivity contribution in [1.82, 2.24) is 0 Å². The molecule has 15 heavy (non-hydrogen) atoms. The van der Waals surface area contributed by atoms with Crippen molar-refractivity contribution >= 4 is 21.4 Å².